The van der Waals surface area contributed by atoms with Crippen molar-refractivity contribution < 1.29 is 13.9 Å². The first kappa shape index (κ1) is 19.3. The lowest BCUT2D eigenvalue weighted by molar-refractivity contribution is -0.117. The van der Waals surface area contributed by atoms with E-state index in [0.717, 1.165) is 33.1 Å². The number of methoxy groups -OCH3 is 1. The molecule has 0 saturated heterocycles. The number of nitrogens with zero attached hydrogens (tertiary/aromatic N) is 2. The van der Waals surface area contributed by atoms with Crippen LogP contribution in [0, 0.1) is 19.7 Å². The topological polar surface area (TPSA) is 41.9 Å². The van der Waals surface area contributed by atoms with Crippen LogP contribution in [0.1, 0.15) is 28.0 Å². The molecule has 0 unspecified atom stereocenters. The van der Waals surface area contributed by atoms with E-state index < -0.39 is 5.82 Å². The molecule has 2 heterocycles. The normalized spacial score (nSPS) is 13.7. The molecule has 1 aliphatic rings. The highest BCUT2D eigenvalue weighted by Gasteiger charge is 2.26. The Balaban J connectivity index is 1.77. The first-order chi connectivity index (χ1) is 14.0. The second-order valence-electron chi connectivity index (χ2n) is 7.09. The molecule has 0 fully saturated rings. The Hall–Kier alpha value is -2.99. The summed E-state index contributed by atoms with van der Waals surface area (Å²) in [6.45, 7) is 4.31. The first-order valence-corrected chi connectivity index (χ1v) is 10.2. The van der Waals surface area contributed by atoms with Gasteiger partial charge in [-0.15, -0.1) is 11.3 Å². The quantitative estimate of drug-likeness (QED) is 0.566. The Labute approximate surface area is 173 Å². The second-order valence-corrected chi connectivity index (χ2v) is 8.03. The monoisotopic (exact) mass is 408 g/mol. The molecule has 0 radical (unpaired) electrons. The van der Waals surface area contributed by atoms with Gasteiger partial charge in [-0.1, -0.05) is 12.1 Å². The number of carbonyl (C=O) groups excluding carboxylic acids is 1. The Morgan fingerprint density at radius 3 is 2.66 bits per heavy atom. The number of rotatable bonds is 4. The summed E-state index contributed by atoms with van der Waals surface area (Å²) in [4.78, 5) is 20.8. The van der Waals surface area contributed by atoms with Gasteiger partial charge in [0.15, 0.2) is 11.6 Å². The largest absolute Gasteiger partial charge is 0.494 e. The summed E-state index contributed by atoms with van der Waals surface area (Å²) < 4.78 is 19.2. The molecule has 2 aromatic carbocycles. The summed E-state index contributed by atoms with van der Waals surface area (Å²) in [7, 11) is 1.43. The lowest BCUT2D eigenvalue weighted by Gasteiger charge is -2.24. The molecule has 0 spiro atoms. The summed E-state index contributed by atoms with van der Waals surface area (Å²) in [5.41, 5.74) is 5.16. The minimum Gasteiger partial charge on any atom is -0.494 e. The Bertz CT molecular complexity index is 1110. The van der Waals surface area contributed by atoms with E-state index in [1.54, 1.807) is 28.4 Å². The van der Waals surface area contributed by atoms with Crippen LogP contribution in [-0.2, 0) is 11.3 Å². The molecule has 1 amide bonds. The minimum atomic E-state index is -0.442. The number of carbonyl (C=O) groups is 1. The lowest BCUT2D eigenvalue weighted by Crippen LogP contribution is -2.31. The molecular weight excluding hydrogens is 387 g/mol. The van der Waals surface area contributed by atoms with Gasteiger partial charge in [0.1, 0.15) is 0 Å². The maximum absolute atomic E-state index is 14.2. The minimum absolute atomic E-state index is 0.0598. The highest BCUT2D eigenvalue weighted by Crippen LogP contribution is 2.37. The molecule has 1 aliphatic heterocycles. The van der Waals surface area contributed by atoms with Gasteiger partial charge in [-0.3, -0.25) is 4.79 Å². The van der Waals surface area contributed by atoms with Crippen molar-refractivity contribution in [3.05, 3.63) is 75.2 Å². The van der Waals surface area contributed by atoms with Crippen molar-refractivity contribution in [1.29, 1.82) is 0 Å². The predicted octanol–water partition coefficient (Wildman–Crippen LogP) is 5.57. The molecule has 1 aromatic heterocycles. The fourth-order valence-electron chi connectivity index (χ4n) is 3.40. The van der Waals surface area contributed by atoms with Crippen LogP contribution in [0.25, 0.3) is 0 Å². The number of halogens is 1. The van der Waals surface area contributed by atoms with Crippen LogP contribution in [0.3, 0.4) is 0 Å². The van der Waals surface area contributed by atoms with E-state index >= 15 is 0 Å². The maximum Gasteiger partial charge on any atom is 0.233 e. The highest BCUT2D eigenvalue weighted by molar-refractivity contribution is 7.12. The van der Waals surface area contributed by atoms with E-state index in [0.29, 0.717) is 5.56 Å². The molecule has 0 aliphatic carbocycles. The van der Waals surface area contributed by atoms with Gasteiger partial charge in [0.25, 0.3) is 0 Å². The molecule has 0 atom stereocenters. The number of fused-ring (bicyclic) bond motifs is 1. The Morgan fingerprint density at radius 1 is 1.17 bits per heavy atom. The summed E-state index contributed by atoms with van der Waals surface area (Å²) >= 11 is 1.57. The first-order valence-electron chi connectivity index (χ1n) is 9.31. The van der Waals surface area contributed by atoms with E-state index in [4.69, 9.17) is 9.73 Å². The fourth-order valence-corrected chi connectivity index (χ4v) is 4.11. The third kappa shape index (κ3) is 3.80. The lowest BCUT2D eigenvalue weighted by atomic mass is 10.1. The molecule has 4 nitrogen and oxygen atoms in total. The molecule has 148 valence electrons. The van der Waals surface area contributed by atoms with Crippen LogP contribution in [0.15, 0.2) is 52.8 Å². The number of amides is 1. The number of benzene rings is 2. The van der Waals surface area contributed by atoms with Crippen LogP contribution in [0.5, 0.6) is 5.75 Å². The molecule has 3 aromatic rings. The third-order valence-corrected chi connectivity index (χ3v) is 6.04. The predicted molar refractivity (Wildman–Crippen MR) is 115 cm³/mol. The molecule has 29 heavy (non-hydrogen) atoms. The molecule has 0 N–H and O–H groups in total. The van der Waals surface area contributed by atoms with Gasteiger partial charge in [0.2, 0.25) is 5.91 Å². The average Bonchev–Trinajstić information content (AvgIpc) is 3.19. The van der Waals surface area contributed by atoms with E-state index in [9.17, 15) is 9.18 Å². The molecule has 0 bridgehead atoms. The number of thiophene rings is 1. The molecule has 6 heteroatoms. The number of aryl methyl sites for hydroxylation is 2. The van der Waals surface area contributed by atoms with Crippen molar-refractivity contribution in [3.8, 4) is 5.75 Å². The zero-order valence-corrected chi connectivity index (χ0v) is 17.3. The van der Waals surface area contributed by atoms with Crippen LogP contribution in [-0.4, -0.2) is 18.7 Å². The zero-order chi connectivity index (χ0) is 20.5. The summed E-state index contributed by atoms with van der Waals surface area (Å²) in [6, 6.07) is 12.7. The van der Waals surface area contributed by atoms with Crippen molar-refractivity contribution in [3.63, 3.8) is 0 Å². The van der Waals surface area contributed by atoms with Gasteiger partial charge < -0.3 is 9.64 Å². The van der Waals surface area contributed by atoms with Crippen LogP contribution < -0.4 is 9.64 Å². The SMILES string of the molecule is COc1ccc(CN2C(=O)CC(c3cccs3)=Nc3cc(C)c(C)cc32)cc1F. The van der Waals surface area contributed by atoms with Gasteiger partial charge >= 0.3 is 0 Å². The van der Waals surface area contributed by atoms with Crippen molar-refractivity contribution in [1.82, 2.24) is 0 Å². The summed E-state index contributed by atoms with van der Waals surface area (Å²) in [5.74, 6) is -0.315. The third-order valence-electron chi connectivity index (χ3n) is 5.12. The number of aliphatic imine (C=N–C) groups is 1. The highest BCUT2D eigenvalue weighted by atomic mass is 32.1. The number of anilines is 1. The number of hydrogen-bond acceptors (Lipinski definition) is 4. The summed E-state index contributed by atoms with van der Waals surface area (Å²) in [5, 5.41) is 1.98. The fraction of sp³-hybridized carbons (Fsp3) is 0.217. The van der Waals surface area contributed by atoms with Gasteiger partial charge in [-0.25, -0.2) is 9.38 Å². The second kappa shape index (κ2) is 7.79. The molecule has 0 saturated carbocycles. The number of ether oxygens (including phenoxy) is 1. The Morgan fingerprint density at radius 2 is 1.97 bits per heavy atom. The van der Waals surface area contributed by atoms with Crippen LogP contribution >= 0.6 is 11.3 Å². The van der Waals surface area contributed by atoms with Crippen LogP contribution in [0.2, 0.25) is 0 Å². The van der Waals surface area contributed by atoms with Crippen molar-refractivity contribution >= 4 is 34.3 Å². The Kier molecular flexibility index (Phi) is 5.20. The van der Waals surface area contributed by atoms with E-state index in [1.807, 2.05) is 43.5 Å². The average molecular weight is 408 g/mol. The van der Waals surface area contributed by atoms with E-state index in [2.05, 4.69) is 0 Å². The smallest absolute Gasteiger partial charge is 0.233 e. The van der Waals surface area contributed by atoms with Gasteiger partial charge in [-0.05, 0) is 66.2 Å². The van der Waals surface area contributed by atoms with Gasteiger partial charge in [0, 0.05) is 4.88 Å². The van der Waals surface area contributed by atoms with Crippen LogP contribution in [0.4, 0.5) is 15.8 Å². The molecular formula is C23H21FN2O2S. The van der Waals surface area contributed by atoms with Gasteiger partial charge in [0.05, 0.1) is 37.2 Å². The number of hydrogen-bond donors (Lipinski definition) is 0. The van der Waals surface area contributed by atoms with Crippen molar-refractivity contribution in [2.24, 2.45) is 4.99 Å². The maximum atomic E-state index is 14.2. The van der Waals surface area contributed by atoms with Crippen molar-refractivity contribution in [2.75, 3.05) is 12.0 Å². The van der Waals surface area contributed by atoms with E-state index in [1.165, 1.54) is 13.2 Å². The molecule has 4 rings (SSSR count). The zero-order valence-electron chi connectivity index (χ0n) is 16.5. The van der Waals surface area contributed by atoms with E-state index in [-0.39, 0.29) is 24.6 Å². The van der Waals surface area contributed by atoms with Gasteiger partial charge in [-0.2, -0.15) is 0 Å². The van der Waals surface area contributed by atoms with Crippen molar-refractivity contribution in [2.45, 2.75) is 26.8 Å². The summed E-state index contributed by atoms with van der Waals surface area (Å²) in [6.07, 6.45) is 0.200. The standard InChI is InChI=1S/C23H21FN2O2S/c1-14-9-18-20(10-15(14)2)26(13-16-6-7-21(28-3)17(24)11-16)23(27)12-19(25-18)22-5-4-8-29-22/h4-11H,12-13H2,1-3H3.